The molecule has 6 rings (SSSR count). The minimum absolute atomic E-state index is 0.0341. The minimum Gasteiger partial charge on any atom is -0.478 e. The Morgan fingerprint density at radius 1 is 1.11 bits per heavy atom. The highest BCUT2D eigenvalue weighted by Crippen LogP contribution is 2.41. The molecule has 0 aliphatic carbocycles. The van der Waals surface area contributed by atoms with Gasteiger partial charge in [0.25, 0.3) is 5.88 Å². The lowest BCUT2D eigenvalue weighted by molar-refractivity contribution is -0.134. The molecule has 8 nitrogen and oxygen atoms in total. The zero-order chi connectivity index (χ0) is 33.8. The summed E-state index contributed by atoms with van der Waals surface area (Å²) in [7, 11) is 0. The van der Waals surface area contributed by atoms with Gasteiger partial charge in [-0.1, -0.05) is 19.9 Å². The van der Waals surface area contributed by atoms with E-state index in [-0.39, 0.29) is 51.9 Å². The summed E-state index contributed by atoms with van der Waals surface area (Å²) in [5.74, 6) is -3.84. The molecule has 1 unspecified atom stereocenters. The number of thiazole rings is 1. The molecule has 1 saturated heterocycles. The van der Waals surface area contributed by atoms with Gasteiger partial charge in [-0.2, -0.15) is 13.2 Å². The Kier molecular flexibility index (Phi) is 8.24. The SMILES string of the molecule is Cc1cc(Cc2nc3c(F)cc(C(=O)O)cc3n2C2COCC2(C)C)c(F)cc1-c1ccc(F)c(OCc2ncc(C(F)(F)F)s2)n1. The van der Waals surface area contributed by atoms with Crippen molar-refractivity contribution in [3.63, 3.8) is 0 Å². The van der Waals surface area contributed by atoms with E-state index >= 15 is 8.78 Å². The van der Waals surface area contributed by atoms with Gasteiger partial charge in [0.05, 0.1) is 42.2 Å². The molecule has 1 fully saturated rings. The zero-order valence-electron chi connectivity index (χ0n) is 25.1. The van der Waals surface area contributed by atoms with E-state index in [1.54, 1.807) is 17.6 Å². The lowest BCUT2D eigenvalue weighted by Crippen LogP contribution is -2.27. The molecular formula is C32H26F6N4O4S. The van der Waals surface area contributed by atoms with Crippen LogP contribution in [0.25, 0.3) is 22.3 Å². The summed E-state index contributed by atoms with van der Waals surface area (Å²) in [6, 6.07) is 7.04. The zero-order valence-corrected chi connectivity index (χ0v) is 25.9. The first-order chi connectivity index (χ1) is 22.1. The molecule has 1 aliphatic rings. The highest BCUT2D eigenvalue weighted by atomic mass is 32.1. The Bertz CT molecular complexity index is 2020. The number of aryl methyl sites for hydroxylation is 1. The Hall–Kier alpha value is -4.50. The van der Waals surface area contributed by atoms with Crippen LogP contribution in [0, 0.1) is 29.8 Å². The minimum atomic E-state index is -4.57. The van der Waals surface area contributed by atoms with Crippen molar-refractivity contribution in [2.45, 2.75) is 46.0 Å². The molecular weight excluding hydrogens is 650 g/mol. The molecule has 0 amide bonds. The summed E-state index contributed by atoms with van der Waals surface area (Å²) < 4.78 is 96.9. The van der Waals surface area contributed by atoms with Crippen LogP contribution in [0.5, 0.6) is 5.88 Å². The summed E-state index contributed by atoms with van der Waals surface area (Å²) in [4.78, 5) is 23.1. The fraction of sp³-hybridized carbons (Fsp3) is 0.312. The van der Waals surface area contributed by atoms with Gasteiger partial charge in [0, 0.05) is 17.4 Å². The van der Waals surface area contributed by atoms with E-state index in [0.717, 1.165) is 12.1 Å². The normalized spacial score (nSPS) is 16.2. The maximum absolute atomic E-state index is 15.8. The van der Waals surface area contributed by atoms with Crippen LogP contribution in [-0.4, -0.2) is 43.8 Å². The standard InChI is InChI=1S/C32H26F6N4O4S/c1-15-6-16(9-26-41-28-21(35)7-17(30(43)44)8-23(28)42(26)24-12-45-14-31(24,2)3)20(34)10-18(15)22-5-4-19(33)29(40-22)46-13-27-39-11-25(47-27)32(36,37)38/h4-8,10-11,24H,9,12-14H2,1-3H3,(H,43,44). The smallest absolute Gasteiger partial charge is 0.427 e. The Morgan fingerprint density at radius 2 is 1.87 bits per heavy atom. The molecule has 1 aliphatic heterocycles. The van der Waals surface area contributed by atoms with Crippen molar-refractivity contribution in [1.29, 1.82) is 0 Å². The number of hydrogen-bond acceptors (Lipinski definition) is 7. The van der Waals surface area contributed by atoms with E-state index in [0.29, 0.717) is 41.1 Å². The van der Waals surface area contributed by atoms with Gasteiger partial charge in [-0.3, -0.25) is 0 Å². The molecule has 0 bridgehead atoms. The van der Waals surface area contributed by atoms with Crippen LogP contribution in [0.1, 0.15) is 57.1 Å². The molecule has 1 atom stereocenters. The van der Waals surface area contributed by atoms with Gasteiger partial charge >= 0.3 is 12.1 Å². The second-order valence-corrected chi connectivity index (χ2v) is 13.0. The summed E-state index contributed by atoms with van der Waals surface area (Å²) in [6.07, 6.45) is -3.98. The van der Waals surface area contributed by atoms with E-state index in [1.165, 1.54) is 18.2 Å². The number of imidazole rings is 1. The predicted octanol–water partition coefficient (Wildman–Crippen LogP) is 7.76. The molecule has 47 heavy (non-hydrogen) atoms. The fourth-order valence-electron chi connectivity index (χ4n) is 5.61. The van der Waals surface area contributed by atoms with Crippen molar-refractivity contribution >= 4 is 28.3 Å². The van der Waals surface area contributed by atoms with Gasteiger partial charge in [-0.15, -0.1) is 11.3 Å². The fourth-order valence-corrected chi connectivity index (χ4v) is 6.31. The second kappa shape index (κ2) is 11.9. The van der Waals surface area contributed by atoms with Crippen LogP contribution in [0.4, 0.5) is 26.3 Å². The third kappa shape index (κ3) is 6.29. The van der Waals surface area contributed by atoms with Crippen LogP contribution in [0.2, 0.25) is 0 Å². The maximum atomic E-state index is 15.8. The van der Waals surface area contributed by atoms with Crippen LogP contribution in [0.3, 0.4) is 0 Å². The molecule has 0 spiro atoms. The van der Waals surface area contributed by atoms with Crippen molar-refractivity contribution in [1.82, 2.24) is 19.5 Å². The Morgan fingerprint density at radius 3 is 2.53 bits per heavy atom. The number of alkyl halides is 3. The van der Waals surface area contributed by atoms with E-state index in [1.807, 2.05) is 13.8 Å². The average Bonchev–Trinajstić information content (AvgIpc) is 3.71. The van der Waals surface area contributed by atoms with Crippen LogP contribution in [-0.2, 0) is 23.9 Å². The van der Waals surface area contributed by atoms with E-state index in [9.17, 15) is 27.5 Å². The van der Waals surface area contributed by atoms with Crippen LogP contribution >= 0.6 is 11.3 Å². The van der Waals surface area contributed by atoms with Gasteiger partial charge in [-0.05, 0) is 48.4 Å². The number of benzene rings is 2. The summed E-state index contributed by atoms with van der Waals surface area (Å²) in [5, 5.41) is 9.52. The molecule has 4 heterocycles. The molecule has 246 valence electrons. The van der Waals surface area contributed by atoms with Crippen molar-refractivity contribution < 1.29 is 45.7 Å². The molecule has 5 aromatic rings. The number of pyridine rings is 1. The second-order valence-electron chi connectivity index (χ2n) is 11.9. The van der Waals surface area contributed by atoms with Crippen LogP contribution < -0.4 is 4.74 Å². The lowest BCUT2D eigenvalue weighted by atomic mass is 9.87. The number of aromatic carboxylic acids is 1. The average molecular weight is 677 g/mol. The van der Waals surface area contributed by atoms with Crippen molar-refractivity contribution in [2.24, 2.45) is 5.41 Å². The first kappa shape index (κ1) is 32.4. The van der Waals surface area contributed by atoms with Gasteiger partial charge in [0.15, 0.2) is 11.6 Å². The number of rotatable bonds is 8. The number of carbonyl (C=O) groups is 1. The largest absolute Gasteiger partial charge is 0.478 e. The Labute approximate surface area is 267 Å². The van der Waals surface area contributed by atoms with Gasteiger partial charge in [-0.25, -0.2) is 32.9 Å². The molecule has 15 heteroatoms. The maximum Gasteiger partial charge on any atom is 0.427 e. The number of ether oxygens (including phenoxy) is 2. The number of halogens is 6. The summed E-state index contributed by atoms with van der Waals surface area (Å²) in [6.45, 7) is 5.81. The lowest BCUT2D eigenvalue weighted by Gasteiger charge is -2.28. The molecule has 1 N–H and O–H groups in total. The number of carboxylic acid groups (broad SMARTS) is 1. The van der Waals surface area contributed by atoms with E-state index in [4.69, 9.17) is 9.47 Å². The van der Waals surface area contributed by atoms with Gasteiger partial charge in [0.1, 0.15) is 33.6 Å². The first-order valence-electron chi connectivity index (χ1n) is 14.2. The van der Waals surface area contributed by atoms with E-state index < -0.39 is 52.4 Å². The number of carboxylic acids is 1. The number of nitrogens with zero attached hydrogens (tertiary/aromatic N) is 4. The highest BCUT2D eigenvalue weighted by molar-refractivity contribution is 7.11. The number of hydrogen-bond donors (Lipinski definition) is 1. The third-order valence-electron chi connectivity index (χ3n) is 8.03. The third-order valence-corrected chi connectivity index (χ3v) is 9.04. The van der Waals surface area contributed by atoms with Crippen LogP contribution in [0.15, 0.2) is 42.6 Å². The summed E-state index contributed by atoms with van der Waals surface area (Å²) >= 11 is 0.363. The van der Waals surface area contributed by atoms with Crippen molar-refractivity contribution in [2.75, 3.05) is 13.2 Å². The first-order valence-corrected chi connectivity index (χ1v) is 15.1. The van der Waals surface area contributed by atoms with Gasteiger partial charge in [0.2, 0.25) is 0 Å². The topological polar surface area (TPSA) is 99.4 Å². The van der Waals surface area contributed by atoms with Crippen molar-refractivity contribution in [3.8, 4) is 17.1 Å². The van der Waals surface area contributed by atoms with Crippen molar-refractivity contribution in [3.05, 3.63) is 92.4 Å². The molecule has 2 aromatic carbocycles. The molecule has 0 saturated carbocycles. The molecule has 3 aromatic heterocycles. The van der Waals surface area contributed by atoms with Gasteiger partial charge < -0.3 is 19.1 Å². The summed E-state index contributed by atoms with van der Waals surface area (Å²) in [5.41, 5.74) is 0.750. The highest BCUT2D eigenvalue weighted by Gasteiger charge is 2.39. The Balaban J connectivity index is 1.33. The quantitative estimate of drug-likeness (QED) is 0.168. The monoisotopic (exact) mass is 676 g/mol. The number of aromatic nitrogens is 4. The predicted molar refractivity (Wildman–Crippen MR) is 159 cm³/mol. The van der Waals surface area contributed by atoms with E-state index in [2.05, 4.69) is 15.0 Å². The molecule has 0 radical (unpaired) electrons. The number of fused-ring (bicyclic) bond motifs is 1.